The summed E-state index contributed by atoms with van der Waals surface area (Å²) < 4.78 is 29.0. The average molecular weight is 332 g/mol. The molecule has 3 N–H and O–H groups in total. The highest BCUT2D eigenvalue weighted by Crippen LogP contribution is 2.38. The van der Waals surface area contributed by atoms with Gasteiger partial charge in [0.15, 0.2) is 0 Å². The van der Waals surface area contributed by atoms with Crippen molar-refractivity contribution in [3.63, 3.8) is 0 Å². The number of nitrogens with zero attached hydrogens (tertiary/aromatic N) is 2. The quantitative estimate of drug-likeness (QED) is 0.783. The number of sulfonamides is 1. The first-order chi connectivity index (χ1) is 10.0. The van der Waals surface area contributed by atoms with E-state index in [1.165, 1.54) is 31.7 Å². The largest absolute Gasteiger partial charge is 0.329 e. The van der Waals surface area contributed by atoms with E-state index in [2.05, 4.69) is 16.1 Å². The van der Waals surface area contributed by atoms with Crippen molar-refractivity contribution in [2.24, 2.45) is 5.73 Å². The standard InChI is InChI=1S/C13H24N4O2S2/c1-20-13(5-3-2-4-6-13)11-16-21(18,19)12-9-15-17(10-12)8-7-14/h9-10,16H,2-8,11,14H2,1H3. The van der Waals surface area contributed by atoms with Crippen LogP contribution in [0.25, 0.3) is 0 Å². The lowest BCUT2D eigenvalue weighted by Gasteiger charge is -2.35. The fourth-order valence-corrected chi connectivity index (χ4v) is 4.78. The Labute approximate surface area is 130 Å². The van der Waals surface area contributed by atoms with Crippen molar-refractivity contribution in [3.05, 3.63) is 12.4 Å². The summed E-state index contributed by atoms with van der Waals surface area (Å²) in [7, 11) is -3.49. The molecule has 0 unspecified atom stereocenters. The summed E-state index contributed by atoms with van der Waals surface area (Å²) in [6.45, 7) is 1.44. The van der Waals surface area contributed by atoms with Gasteiger partial charge in [0.05, 0.1) is 12.7 Å². The first-order valence-electron chi connectivity index (χ1n) is 7.29. The molecular weight excluding hydrogens is 308 g/mol. The molecule has 1 fully saturated rings. The molecule has 0 bridgehead atoms. The summed E-state index contributed by atoms with van der Waals surface area (Å²) in [6, 6.07) is 0. The van der Waals surface area contributed by atoms with E-state index in [4.69, 9.17) is 5.73 Å². The Bertz CT molecular complexity index is 550. The highest BCUT2D eigenvalue weighted by atomic mass is 32.2. The first kappa shape index (κ1) is 16.8. The zero-order valence-corrected chi connectivity index (χ0v) is 14.0. The van der Waals surface area contributed by atoms with Gasteiger partial charge in [-0.3, -0.25) is 4.68 Å². The molecule has 120 valence electrons. The summed E-state index contributed by atoms with van der Waals surface area (Å²) in [5.41, 5.74) is 5.44. The van der Waals surface area contributed by atoms with Crippen molar-refractivity contribution in [2.45, 2.75) is 48.3 Å². The van der Waals surface area contributed by atoms with Gasteiger partial charge in [0.2, 0.25) is 10.0 Å². The van der Waals surface area contributed by atoms with Crippen molar-refractivity contribution in [1.29, 1.82) is 0 Å². The van der Waals surface area contributed by atoms with Crippen molar-refractivity contribution < 1.29 is 8.42 Å². The number of rotatable bonds is 7. The molecule has 1 aromatic rings. The highest BCUT2D eigenvalue weighted by molar-refractivity contribution is 8.00. The van der Waals surface area contributed by atoms with E-state index < -0.39 is 10.0 Å². The lowest BCUT2D eigenvalue weighted by molar-refractivity contribution is 0.395. The molecule has 0 amide bonds. The molecule has 0 atom stereocenters. The molecule has 0 saturated heterocycles. The third kappa shape index (κ3) is 4.21. The van der Waals surface area contributed by atoms with Gasteiger partial charge in [0.25, 0.3) is 0 Å². The van der Waals surface area contributed by atoms with E-state index in [0.29, 0.717) is 19.6 Å². The van der Waals surface area contributed by atoms with Crippen LogP contribution in [0.15, 0.2) is 17.3 Å². The topological polar surface area (TPSA) is 90.0 Å². The fourth-order valence-electron chi connectivity index (χ4n) is 2.70. The van der Waals surface area contributed by atoms with E-state index in [1.807, 2.05) is 0 Å². The van der Waals surface area contributed by atoms with Crippen LogP contribution in [0.2, 0.25) is 0 Å². The molecule has 1 aliphatic carbocycles. The predicted octanol–water partition coefficient (Wildman–Crippen LogP) is 1.19. The van der Waals surface area contributed by atoms with Gasteiger partial charge >= 0.3 is 0 Å². The third-order valence-electron chi connectivity index (χ3n) is 4.06. The van der Waals surface area contributed by atoms with Crippen LogP contribution in [0, 0.1) is 0 Å². The second-order valence-electron chi connectivity index (χ2n) is 5.50. The van der Waals surface area contributed by atoms with Gasteiger partial charge in [-0.2, -0.15) is 16.9 Å². The number of hydrogen-bond donors (Lipinski definition) is 2. The Balaban J connectivity index is 2.02. The Morgan fingerprint density at radius 3 is 2.76 bits per heavy atom. The van der Waals surface area contributed by atoms with Gasteiger partial charge in [0, 0.05) is 24.0 Å². The molecule has 0 radical (unpaired) electrons. The number of nitrogens with two attached hydrogens (primary N) is 1. The predicted molar refractivity (Wildman–Crippen MR) is 85.8 cm³/mol. The van der Waals surface area contributed by atoms with Gasteiger partial charge in [-0.15, -0.1) is 0 Å². The summed E-state index contributed by atoms with van der Waals surface area (Å²) >= 11 is 1.78. The molecule has 21 heavy (non-hydrogen) atoms. The van der Waals surface area contributed by atoms with E-state index in [9.17, 15) is 8.42 Å². The second-order valence-corrected chi connectivity index (χ2v) is 8.54. The zero-order valence-electron chi connectivity index (χ0n) is 12.4. The summed E-state index contributed by atoms with van der Waals surface area (Å²) in [5.74, 6) is 0. The molecule has 0 aromatic carbocycles. The smallest absolute Gasteiger partial charge is 0.243 e. The SMILES string of the molecule is CSC1(CNS(=O)(=O)c2cnn(CCN)c2)CCCCC1. The Hall–Kier alpha value is -0.570. The van der Waals surface area contributed by atoms with Crippen LogP contribution in [-0.2, 0) is 16.6 Å². The zero-order chi connectivity index (χ0) is 15.3. The monoisotopic (exact) mass is 332 g/mol. The van der Waals surface area contributed by atoms with E-state index >= 15 is 0 Å². The molecule has 8 heteroatoms. The van der Waals surface area contributed by atoms with Crippen molar-refractivity contribution in [1.82, 2.24) is 14.5 Å². The highest BCUT2D eigenvalue weighted by Gasteiger charge is 2.32. The van der Waals surface area contributed by atoms with Crippen LogP contribution in [0.1, 0.15) is 32.1 Å². The van der Waals surface area contributed by atoms with E-state index in [1.54, 1.807) is 16.4 Å². The molecule has 1 heterocycles. The summed E-state index contributed by atoms with van der Waals surface area (Å²) in [4.78, 5) is 0.211. The van der Waals surface area contributed by atoms with E-state index in [0.717, 1.165) is 12.8 Å². The minimum atomic E-state index is -3.49. The number of nitrogens with one attached hydrogen (secondary N) is 1. The molecule has 0 spiro atoms. The van der Waals surface area contributed by atoms with Crippen molar-refractivity contribution in [2.75, 3.05) is 19.3 Å². The fraction of sp³-hybridized carbons (Fsp3) is 0.769. The minimum Gasteiger partial charge on any atom is -0.329 e. The summed E-state index contributed by atoms with van der Waals surface area (Å²) in [6.07, 6.45) is 10.7. The second kappa shape index (κ2) is 7.13. The maximum absolute atomic E-state index is 12.3. The normalized spacial score (nSPS) is 18.8. The lowest BCUT2D eigenvalue weighted by atomic mass is 9.88. The van der Waals surface area contributed by atoms with Crippen LogP contribution in [0.5, 0.6) is 0 Å². The molecule has 1 aliphatic rings. The van der Waals surface area contributed by atoms with Crippen LogP contribution in [0.4, 0.5) is 0 Å². The summed E-state index contributed by atoms with van der Waals surface area (Å²) in [5, 5.41) is 4.02. The van der Waals surface area contributed by atoms with Crippen LogP contribution >= 0.6 is 11.8 Å². The van der Waals surface area contributed by atoms with Crippen LogP contribution < -0.4 is 10.5 Å². The van der Waals surface area contributed by atoms with Gasteiger partial charge < -0.3 is 5.73 Å². The first-order valence-corrected chi connectivity index (χ1v) is 9.99. The average Bonchev–Trinajstić information content (AvgIpc) is 2.96. The van der Waals surface area contributed by atoms with Crippen molar-refractivity contribution in [3.8, 4) is 0 Å². The third-order valence-corrected chi connectivity index (χ3v) is 6.83. The maximum Gasteiger partial charge on any atom is 0.243 e. The lowest BCUT2D eigenvalue weighted by Crippen LogP contribution is -2.41. The number of aromatic nitrogens is 2. The van der Waals surface area contributed by atoms with E-state index in [-0.39, 0.29) is 9.64 Å². The number of hydrogen-bond acceptors (Lipinski definition) is 5. The molecule has 1 saturated carbocycles. The van der Waals surface area contributed by atoms with Gasteiger partial charge in [-0.05, 0) is 19.1 Å². The molecule has 2 rings (SSSR count). The van der Waals surface area contributed by atoms with Gasteiger partial charge in [0.1, 0.15) is 4.90 Å². The molecular formula is C13H24N4O2S2. The van der Waals surface area contributed by atoms with Crippen molar-refractivity contribution >= 4 is 21.8 Å². The number of thioether (sulfide) groups is 1. The Kier molecular flexibility index (Phi) is 5.70. The Morgan fingerprint density at radius 1 is 1.43 bits per heavy atom. The minimum absolute atomic E-state index is 0.0403. The Morgan fingerprint density at radius 2 is 2.14 bits per heavy atom. The molecule has 0 aliphatic heterocycles. The van der Waals surface area contributed by atoms with Crippen LogP contribution in [0.3, 0.4) is 0 Å². The van der Waals surface area contributed by atoms with Gasteiger partial charge in [-0.25, -0.2) is 13.1 Å². The molecule has 1 aromatic heterocycles. The maximum atomic E-state index is 12.3. The molecule has 6 nitrogen and oxygen atoms in total. The van der Waals surface area contributed by atoms with Gasteiger partial charge in [-0.1, -0.05) is 19.3 Å². The van der Waals surface area contributed by atoms with Crippen LogP contribution in [-0.4, -0.2) is 42.3 Å².